The number of fused-ring (bicyclic) bond motifs is 1. The summed E-state index contributed by atoms with van der Waals surface area (Å²) in [5.74, 6) is -0.485. The average molecular weight is 338 g/mol. The highest BCUT2D eigenvalue weighted by molar-refractivity contribution is 6.07. The summed E-state index contributed by atoms with van der Waals surface area (Å²) in [5, 5.41) is 9.18. The monoisotopic (exact) mass is 338 g/mol. The van der Waals surface area contributed by atoms with Crippen molar-refractivity contribution in [3.05, 3.63) is 70.5 Å². The molecule has 0 amide bonds. The summed E-state index contributed by atoms with van der Waals surface area (Å²) in [5.41, 5.74) is 4.97. The predicted octanol–water partition coefficient (Wildman–Crippen LogP) is 5.03. The maximum atomic E-state index is 13.7. The summed E-state index contributed by atoms with van der Waals surface area (Å²) in [7, 11) is 0. The number of carboxylic acids is 1. The number of aliphatic carboxylic acids is 1. The molecule has 0 saturated heterocycles. The van der Waals surface area contributed by atoms with E-state index in [2.05, 4.69) is 0 Å². The van der Waals surface area contributed by atoms with Crippen LogP contribution < -0.4 is 4.74 Å². The molecule has 0 aliphatic heterocycles. The van der Waals surface area contributed by atoms with Gasteiger partial charge in [-0.1, -0.05) is 18.2 Å². The summed E-state index contributed by atoms with van der Waals surface area (Å²) < 4.78 is 19.1. The molecular weight excluding hydrogens is 319 g/mol. The Hall–Kier alpha value is -2.88. The minimum absolute atomic E-state index is 0.122. The average Bonchev–Trinajstić information content (AvgIpc) is 2.81. The third-order valence-electron chi connectivity index (χ3n) is 4.28. The first-order chi connectivity index (χ1) is 12.0. The van der Waals surface area contributed by atoms with Crippen molar-refractivity contribution in [3.8, 4) is 5.75 Å². The van der Waals surface area contributed by atoms with E-state index in [0.29, 0.717) is 17.7 Å². The molecule has 4 heteroatoms. The molecule has 0 unspecified atom stereocenters. The van der Waals surface area contributed by atoms with Gasteiger partial charge in [0.15, 0.2) is 0 Å². The Labute approximate surface area is 146 Å². The number of hydrogen-bond acceptors (Lipinski definition) is 2. The second-order valence-electron chi connectivity index (χ2n) is 5.92. The van der Waals surface area contributed by atoms with Crippen molar-refractivity contribution in [1.29, 1.82) is 0 Å². The maximum Gasteiger partial charge on any atom is 0.307 e. The molecule has 0 aromatic heterocycles. The summed E-state index contributed by atoms with van der Waals surface area (Å²) in [6, 6.07) is 12.2. The third kappa shape index (κ3) is 3.48. The molecule has 3 nitrogen and oxygen atoms in total. The van der Waals surface area contributed by atoms with Crippen molar-refractivity contribution in [2.24, 2.45) is 0 Å². The van der Waals surface area contributed by atoms with Crippen LogP contribution in [0.1, 0.15) is 37.0 Å². The van der Waals surface area contributed by atoms with Gasteiger partial charge in [0.25, 0.3) is 0 Å². The van der Waals surface area contributed by atoms with E-state index in [1.807, 2.05) is 44.2 Å². The van der Waals surface area contributed by atoms with Gasteiger partial charge in [-0.3, -0.25) is 4.79 Å². The molecule has 0 heterocycles. The van der Waals surface area contributed by atoms with E-state index in [1.165, 1.54) is 12.1 Å². The van der Waals surface area contributed by atoms with Crippen LogP contribution in [-0.4, -0.2) is 17.7 Å². The molecule has 1 N–H and O–H groups in total. The zero-order valence-corrected chi connectivity index (χ0v) is 14.2. The summed E-state index contributed by atoms with van der Waals surface area (Å²) in [4.78, 5) is 11.2. The molecule has 1 aliphatic rings. The molecule has 2 aromatic carbocycles. The Morgan fingerprint density at radius 1 is 1.16 bits per heavy atom. The first kappa shape index (κ1) is 17.0. The van der Waals surface area contributed by atoms with Gasteiger partial charge in [0.05, 0.1) is 13.0 Å². The zero-order chi connectivity index (χ0) is 18.0. The normalized spacial score (nSPS) is 14.8. The van der Waals surface area contributed by atoms with E-state index in [-0.39, 0.29) is 12.2 Å². The van der Waals surface area contributed by atoms with Gasteiger partial charge in [-0.15, -0.1) is 0 Å². The number of ether oxygens (including phenoxy) is 1. The van der Waals surface area contributed by atoms with Crippen LogP contribution >= 0.6 is 0 Å². The lowest BCUT2D eigenvalue weighted by Gasteiger charge is -2.06. The van der Waals surface area contributed by atoms with Crippen molar-refractivity contribution in [2.75, 3.05) is 6.61 Å². The second-order valence-corrected chi connectivity index (χ2v) is 5.92. The van der Waals surface area contributed by atoms with Crippen molar-refractivity contribution in [2.45, 2.75) is 20.3 Å². The van der Waals surface area contributed by atoms with Crippen molar-refractivity contribution in [1.82, 2.24) is 0 Å². The Morgan fingerprint density at radius 3 is 2.52 bits per heavy atom. The van der Waals surface area contributed by atoms with E-state index < -0.39 is 5.97 Å². The molecule has 1 aliphatic carbocycles. The topological polar surface area (TPSA) is 46.5 Å². The van der Waals surface area contributed by atoms with Gasteiger partial charge in [0, 0.05) is 0 Å². The van der Waals surface area contributed by atoms with Crippen LogP contribution in [0.4, 0.5) is 4.39 Å². The first-order valence-corrected chi connectivity index (χ1v) is 8.16. The van der Waals surface area contributed by atoms with Gasteiger partial charge >= 0.3 is 5.97 Å². The van der Waals surface area contributed by atoms with Gasteiger partial charge in [-0.05, 0) is 77.6 Å². The van der Waals surface area contributed by atoms with Crippen molar-refractivity contribution >= 4 is 23.2 Å². The quantitative estimate of drug-likeness (QED) is 0.832. The van der Waals surface area contributed by atoms with Crippen LogP contribution in [0.5, 0.6) is 5.75 Å². The highest BCUT2D eigenvalue weighted by Crippen LogP contribution is 2.43. The van der Waals surface area contributed by atoms with Gasteiger partial charge in [0.1, 0.15) is 11.6 Å². The smallest absolute Gasteiger partial charge is 0.307 e. The fraction of sp³-hybridized carbons (Fsp3) is 0.190. The maximum absolute atomic E-state index is 13.7. The number of carboxylic acid groups (broad SMARTS) is 1. The predicted molar refractivity (Wildman–Crippen MR) is 96.7 cm³/mol. The molecule has 25 heavy (non-hydrogen) atoms. The minimum Gasteiger partial charge on any atom is -0.494 e. The minimum atomic E-state index is -0.924. The fourth-order valence-electron chi connectivity index (χ4n) is 3.13. The molecule has 2 aromatic rings. The largest absolute Gasteiger partial charge is 0.494 e. The second kappa shape index (κ2) is 6.93. The summed E-state index contributed by atoms with van der Waals surface area (Å²) >= 11 is 0. The molecule has 0 spiro atoms. The zero-order valence-electron chi connectivity index (χ0n) is 14.2. The first-order valence-electron chi connectivity index (χ1n) is 8.16. The number of benzene rings is 2. The van der Waals surface area contributed by atoms with Crippen molar-refractivity contribution in [3.63, 3.8) is 0 Å². The van der Waals surface area contributed by atoms with Gasteiger partial charge in [-0.25, -0.2) is 4.39 Å². The molecule has 0 radical (unpaired) electrons. The number of carbonyl (C=O) groups is 1. The molecule has 3 rings (SSSR count). The molecule has 128 valence electrons. The van der Waals surface area contributed by atoms with Crippen LogP contribution in [0.3, 0.4) is 0 Å². The lowest BCUT2D eigenvalue weighted by atomic mass is 10.0. The molecule has 0 saturated carbocycles. The summed E-state index contributed by atoms with van der Waals surface area (Å²) in [6.07, 6.45) is 1.87. The third-order valence-corrected chi connectivity index (χ3v) is 4.28. The molecule has 0 fully saturated rings. The number of halogens is 1. The van der Waals surface area contributed by atoms with Gasteiger partial charge in [0.2, 0.25) is 0 Å². The summed E-state index contributed by atoms with van der Waals surface area (Å²) in [6.45, 7) is 4.43. The van der Waals surface area contributed by atoms with Crippen molar-refractivity contribution < 1.29 is 19.0 Å². The standard InChI is InChI=1S/C21H19FO3/c1-3-25-16-7-4-14(5-8-16)10-18-13(2)19(12-21(23)24)20-11-15(22)6-9-17(18)20/h4-11H,3,12H2,1-2H3,(H,23,24). The van der Waals surface area contributed by atoms with E-state index in [4.69, 9.17) is 4.74 Å². The Balaban J connectivity index is 2.06. The Kier molecular flexibility index (Phi) is 4.70. The van der Waals surface area contributed by atoms with Crippen LogP contribution in [0.15, 0.2) is 48.0 Å². The number of allylic oxidation sites excluding steroid dienone is 2. The van der Waals surface area contributed by atoms with Gasteiger partial charge < -0.3 is 9.84 Å². The number of rotatable bonds is 5. The van der Waals surface area contributed by atoms with E-state index in [9.17, 15) is 14.3 Å². The van der Waals surface area contributed by atoms with Crippen LogP contribution in [0.25, 0.3) is 17.2 Å². The fourth-order valence-corrected chi connectivity index (χ4v) is 3.13. The molecular formula is C21H19FO3. The molecule has 0 atom stereocenters. The number of hydrogen-bond donors (Lipinski definition) is 1. The Morgan fingerprint density at radius 2 is 1.88 bits per heavy atom. The van der Waals surface area contributed by atoms with Crippen LogP contribution in [0.2, 0.25) is 0 Å². The van der Waals surface area contributed by atoms with E-state index in [0.717, 1.165) is 28.0 Å². The lowest BCUT2D eigenvalue weighted by molar-refractivity contribution is -0.135. The Bertz CT molecular complexity index is 877. The van der Waals surface area contributed by atoms with E-state index in [1.54, 1.807) is 6.07 Å². The highest BCUT2D eigenvalue weighted by atomic mass is 19.1. The van der Waals surface area contributed by atoms with Crippen LogP contribution in [0, 0.1) is 5.82 Å². The SMILES string of the molecule is CCOc1ccc(C=C2C(C)=C(CC(=O)O)c3cc(F)ccc32)cc1. The van der Waals surface area contributed by atoms with E-state index >= 15 is 0 Å². The molecule has 0 bridgehead atoms. The highest BCUT2D eigenvalue weighted by Gasteiger charge is 2.25. The van der Waals surface area contributed by atoms with Gasteiger partial charge in [-0.2, -0.15) is 0 Å². The van der Waals surface area contributed by atoms with Crippen LogP contribution in [-0.2, 0) is 4.79 Å². The lowest BCUT2D eigenvalue weighted by Crippen LogP contribution is -1.97.